The number of halogens is 1. The zero-order valence-electron chi connectivity index (χ0n) is 14.6. The van der Waals surface area contributed by atoms with Crippen molar-refractivity contribution in [1.29, 1.82) is 0 Å². The fraction of sp³-hybridized carbons (Fsp3) is 0.158. The standard InChI is InChI=1S/C19H18ClN3O3/c1-12-17(18(20)23(22-12)14-7-5-4-6-8-14)19(24)21-13-9-15(25-2)11-16(10-13)26-3/h4-11H,1-3H3,(H,21,24). The van der Waals surface area contributed by atoms with Crippen molar-refractivity contribution in [1.82, 2.24) is 9.78 Å². The van der Waals surface area contributed by atoms with E-state index in [4.69, 9.17) is 21.1 Å². The molecule has 134 valence electrons. The molecule has 7 heteroatoms. The molecule has 2 aromatic carbocycles. The van der Waals surface area contributed by atoms with Crippen molar-refractivity contribution >= 4 is 23.2 Å². The van der Waals surface area contributed by atoms with Gasteiger partial charge < -0.3 is 14.8 Å². The summed E-state index contributed by atoms with van der Waals surface area (Å²) < 4.78 is 12.0. The SMILES string of the molecule is COc1cc(NC(=O)c2c(C)nn(-c3ccccc3)c2Cl)cc(OC)c1. The van der Waals surface area contributed by atoms with Crippen LogP contribution in [-0.2, 0) is 0 Å². The second-order valence-electron chi connectivity index (χ2n) is 5.55. The molecule has 1 heterocycles. The number of anilines is 1. The van der Waals surface area contributed by atoms with Crippen LogP contribution in [0, 0.1) is 6.92 Å². The molecule has 0 spiro atoms. The quantitative estimate of drug-likeness (QED) is 0.733. The number of aromatic nitrogens is 2. The van der Waals surface area contributed by atoms with Gasteiger partial charge in [0.05, 0.1) is 25.6 Å². The summed E-state index contributed by atoms with van der Waals surface area (Å²) in [4.78, 5) is 12.8. The number of rotatable bonds is 5. The summed E-state index contributed by atoms with van der Waals surface area (Å²) in [6.45, 7) is 1.74. The second kappa shape index (κ2) is 7.49. The summed E-state index contributed by atoms with van der Waals surface area (Å²) in [7, 11) is 3.09. The largest absolute Gasteiger partial charge is 0.497 e. The van der Waals surface area contributed by atoms with E-state index in [-0.39, 0.29) is 11.1 Å². The summed E-state index contributed by atoms with van der Waals surface area (Å²) in [5.41, 5.74) is 2.17. The van der Waals surface area contributed by atoms with Gasteiger partial charge in [0.15, 0.2) is 0 Å². The van der Waals surface area contributed by atoms with E-state index in [0.717, 1.165) is 5.69 Å². The third kappa shape index (κ3) is 3.50. The Morgan fingerprint density at radius 2 is 1.69 bits per heavy atom. The van der Waals surface area contributed by atoms with Crippen LogP contribution in [-0.4, -0.2) is 29.9 Å². The molecule has 0 aliphatic carbocycles. The van der Waals surface area contributed by atoms with Gasteiger partial charge in [0.25, 0.3) is 5.91 Å². The third-order valence-electron chi connectivity index (χ3n) is 3.84. The van der Waals surface area contributed by atoms with E-state index in [9.17, 15) is 4.79 Å². The van der Waals surface area contributed by atoms with E-state index >= 15 is 0 Å². The number of ether oxygens (including phenoxy) is 2. The smallest absolute Gasteiger partial charge is 0.260 e. The van der Waals surface area contributed by atoms with Gasteiger partial charge in [-0.1, -0.05) is 29.8 Å². The highest BCUT2D eigenvalue weighted by Crippen LogP contribution is 2.28. The molecule has 0 unspecified atom stereocenters. The summed E-state index contributed by atoms with van der Waals surface area (Å²) in [5.74, 6) is 0.787. The molecule has 0 saturated heterocycles. The van der Waals surface area contributed by atoms with Gasteiger partial charge in [-0.25, -0.2) is 4.68 Å². The first kappa shape index (κ1) is 17.8. The fourth-order valence-corrected chi connectivity index (χ4v) is 2.93. The molecule has 3 aromatic rings. The van der Waals surface area contributed by atoms with Crippen molar-refractivity contribution in [3.05, 3.63) is 64.9 Å². The minimum Gasteiger partial charge on any atom is -0.497 e. The number of carbonyl (C=O) groups excluding carboxylic acids is 1. The van der Waals surface area contributed by atoms with Crippen LogP contribution in [0.3, 0.4) is 0 Å². The first-order valence-electron chi connectivity index (χ1n) is 7.88. The first-order valence-corrected chi connectivity index (χ1v) is 8.26. The van der Waals surface area contributed by atoms with Crippen LogP contribution in [0.2, 0.25) is 5.15 Å². The molecule has 0 fully saturated rings. The molecule has 0 bridgehead atoms. The number of benzene rings is 2. The molecular formula is C19H18ClN3O3. The van der Waals surface area contributed by atoms with Crippen molar-refractivity contribution < 1.29 is 14.3 Å². The fourth-order valence-electron chi connectivity index (χ4n) is 2.57. The normalized spacial score (nSPS) is 10.5. The van der Waals surface area contributed by atoms with Crippen LogP contribution in [0.4, 0.5) is 5.69 Å². The Balaban J connectivity index is 1.93. The molecular weight excluding hydrogens is 354 g/mol. The number of methoxy groups -OCH3 is 2. The molecule has 0 aliphatic heterocycles. The van der Waals surface area contributed by atoms with E-state index < -0.39 is 0 Å². The van der Waals surface area contributed by atoms with Gasteiger partial charge in [0.2, 0.25) is 0 Å². The predicted octanol–water partition coefficient (Wildman–Crippen LogP) is 4.10. The lowest BCUT2D eigenvalue weighted by Gasteiger charge is -2.10. The van der Waals surface area contributed by atoms with Gasteiger partial charge >= 0.3 is 0 Å². The Kier molecular flexibility index (Phi) is 5.14. The topological polar surface area (TPSA) is 65.4 Å². The minimum atomic E-state index is -0.356. The van der Waals surface area contributed by atoms with Crippen LogP contribution < -0.4 is 14.8 Å². The highest BCUT2D eigenvalue weighted by molar-refractivity contribution is 6.34. The van der Waals surface area contributed by atoms with Crippen LogP contribution in [0.25, 0.3) is 5.69 Å². The van der Waals surface area contributed by atoms with E-state index in [1.165, 1.54) is 4.68 Å². The van der Waals surface area contributed by atoms with Gasteiger partial charge in [-0.3, -0.25) is 4.79 Å². The average molecular weight is 372 g/mol. The van der Waals surface area contributed by atoms with E-state index in [1.54, 1.807) is 39.3 Å². The first-order chi connectivity index (χ1) is 12.5. The van der Waals surface area contributed by atoms with Gasteiger partial charge in [-0.15, -0.1) is 0 Å². The van der Waals surface area contributed by atoms with Crippen molar-refractivity contribution in [3.8, 4) is 17.2 Å². The summed E-state index contributed by atoms with van der Waals surface area (Å²) in [6, 6.07) is 14.5. The second-order valence-corrected chi connectivity index (χ2v) is 5.91. The third-order valence-corrected chi connectivity index (χ3v) is 4.19. The number of amides is 1. The van der Waals surface area contributed by atoms with Gasteiger partial charge in [-0.2, -0.15) is 5.10 Å². The van der Waals surface area contributed by atoms with Crippen molar-refractivity contribution in [2.24, 2.45) is 0 Å². The number of hydrogen-bond donors (Lipinski definition) is 1. The molecule has 1 aromatic heterocycles. The molecule has 0 aliphatic rings. The Bertz CT molecular complexity index is 916. The number of aryl methyl sites for hydroxylation is 1. The molecule has 0 saturated carbocycles. The van der Waals surface area contributed by atoms with Crippen LogP contribution in [0.1, 0.15) is 16.1 Å². The molecule has 6 nitrogen and oxygen atoms in total. The Morgan fingerprint density at radius 1 is 1.08 bits per heavy atom. The number of carbonyl (C=O) groups is 1. The number of para-hydroxylation sites is 1. The zero-order chi connectivity index (χ0) is 18.7. The van der Waals surface area contributed by atoms with Crippen LogP contribution in [0.5, 0.6) is 11.5 Å². The van der Waals surface area contributed by atoms with Crippen molar-refractivity contribution in [2.45, 2.75) is 6.92 Å². The predicted molar refractivity (Wildman–Crippen MR) is 101 cm³/mol. The van der Waals surface area contributed by atoms with Crippen LogP contribution in [0.15, 0.2) is 48.5 Å². The minimum absolute atomic E-state index is 0.251. The molecule has 1 amide bonds. The summed E-state index contributed by atoms with van der Waals surface area (Å²) >= 11 is 6.43. The molecule has 1 N–H and O–H groups in total. The monoisotopic (exact) mass is 371 g/mol. The lowest BCUT2D eigenvalue weighted by molar-refractivity contribution is 0.102. The van der Waals surface area contributed by atoms with Gasteiger partial charge in [0.1, 0.15) is 22.2 Å². The van der Waals surface area contributed by atoms with E-state index in [1.807, 2.05) is 30.3 Å². The lowest BCUT2D eigenvalue weighted by atomic mass is 10.2. The maximum absolute atomic E-state index is 12.8. The van der Waals surface area contributed by atoms with E-state index in [0.29, 0.717) is 28.4 Å². The number of hydrogen-bond acceptors (Lipinski definition) is 4. The summed E-state index contributed by atoms with van der Waals surface area (Å²) in [6.07, 6.45) is 0. The van der Waals surface area contributed by atoms with Crippen LogP contribution >= 0.6 is 11.6 Å². The molecule has 3 rings (SSSR count). The van der Waals surface area contributed by atoms with Crippen molar-refractivity contribution in [3.63, 3.8) is 0 Å². The molecule has 26 heavy (non-hydrogen) atoms. The van der Waals surface area contributed by atoms with Gasteiger partial charge in [-0.05, 0) is 19.1 Å². The van der Waals surface area contributed by atoms with Gasteiger partial charge in [0, 0.05) is 23.9 Å². The lowest BCUT2D eigenvalue weighted by Crippen LogP contribution is -2.13. The van der Waals surface area contributed by atoms with E-state index in [2.05, 4.69) is 10.4 Å². The molecule has 0 atom stereocenters. The zero-order valence-corrected chi connectivity index (χ0v) is 15.4. The Morgan fingerprint density at radius 3 is 2.27 bits per heavy atom. The molecule has 0 radical (unpaired) electrons. The average Bonchev–Trinajstić information content (AvgIpc) is 2.96. The number of nitrogens with zero attached hydrogens (tertiary/aromatic N) is 2. The van der Waals surface area contributed by atoms with Crippen molar-refractivity contribution in [2.75, 3.05) is 19.5 Å². The highest BCUT2D eigenvalue weighted by Gasteiger charge is 2.21. The highest BCUT2D eigenvalue weighted by atomic mass is 35.5. The summed E-state index contributed by atoms with van der Waals surface area (Å²) in [5, 5.41) is 7.45. The Labute approximate surface area is 156 Å². The maximum atomic E-state index is 12.8. The maximum Gasteiger partial charge on any atom is 0.260 e. The number of nitrogens with one attached hydrogen (secondary N) is 1. The Hall–Kier alpha value is -2.99.